The van der Waals surface area contributed by atoms with Crippen LogP contribution in [0.2, 0.25) is 0 Å². The minimum absolute atomic E-state index is 0.0253. The number of rotatable bonds is 7. The Labute approximate surface area is 201 Å². The van der Waals surface area contributed by atoms with E-state index in [2.05, 4.69) is 13.8 Å². The summed E-state index contributed by atoms with van der Waals surface area (Å²) in [5, 5.41) is 0. The van der Waals surface area contributed by atoms with Gasteiger partial charge in [0.15, 0.2) is 0 Å². The molecule has 174 valence electrons. The van der Waals surface area contributed by atoms with Gasteiger partial charge in [0.25, 0.3) is 5.91 Å². The van der Waals surface area contributed by atoms with Crippen LogP contribution in [0.25, 0.3) is 0 Å². The molecule has 0 aromatic heterocycles. The Morgan fingerprint density at radius 3 is 2.03 bits per heavy atom. The molecular weight excluding hydrogens is 424 g/mol. The highest BCUT2D eigenvalue weighted by Crippen LogP contribution is 2.32. The molecule has 3 amide bonds. The van der Waals surface area contributed by atoms with Crippen molar-refractivity contribution in [2.24, 2.45) is 0 Å². The lowest BCUT2D eigenvalue weighted by atomic mass is 10.0. The van der Waals surface area contributed by atoms with Gasteiger partial charge >= 0.3 is 0 Å². The highest BCUT2D eigenvalue weighted by atomic mass is 16.2. The van der Waals surface area contributed by atoms with E-state index in [1.54, 1.807) is 4.90 Å². The van der Waals surface area contributed by atoms with Crippen LogP contribution in [0.1, 0.15) is 55.8 Å². The molecule has 5 heteroatoms. The molecule has 5 nitrogen and oxygen atoms in total. The first-order valence-corrected chi connectivity index (χ1v) is 11.7. The van der Waals surface area contributed by atoms with E-state index in [4.69, 9.17) is 0 Å². The second-order valence-electron chi connectivity index (χ2n) is 9.08. The number of carbonyl (C=O) groups is 3. The van der Waals surface area contributed by atoms with E-state index >= 15 is 0 Å². The molecule has 2 unspecified atom stereocenters. The van der Waals surface area contributed by atoms with Crippen molar-refractivity contribution in [3.8, 4) is 0 Å². The smallest absolute Gasteiger partial charge is 0.257 e. The van der Waals surface area contributed by atoms with Crippen LogP contribution in [-0.4, -0.2) is 28.7 Å². The number of hydrogen-bond donors (Lipinski definition) is 0. The quantitative estimate of drug-likeness (QED) is 0.457. The minimum Gasteiger partial charge on any atom is -0.323 e. The molecule has 3 aromatic carbocycles. The highest BCUT2D eigenvalue weighted by Gasteiger charge is 2.45. The molecule has 34 heavy (non-hydrogen) atoms. The molecule has 0 N–H and O–H groups in total. The SMILES string of the molecule is CC(C)c1ccc(N2C(=O)CC(N(C(=O)Cc3ccccc3)C(C)c3ccccc3)C2=O)cc1. The molecule has 1 aliphatic rings. The zero-order valence-electron chi connectivity index (χ0n) is 19.8. The Kier molecular flexibility index (Phi) is 6.92. The van der Waals surface area contributed by atoms with E-state index in [0.717, 1.165) is 16.7 Å². The van der Waals surface area contributed by atoms with Crippen LogP contribution in [-0.2, 0) is 20.8 Å². The maximum atomic E-state index is 13.6. The first-order valence-electron chi connectivity index (χ1n) is 11.7. The van der Waals surface area contributed by atoms with Gasteiger partial charge in [-0.25, -0.2) is 4.90 Å². The van der Waals surface area contributed by atoms with E-state index in [-0.39, 0.29) is 36.6 Å². The van der Waals surface area contributed by atoms with Gasteiger partial charge in [-0.2, -0.15) is 0 Å². The van der Waals surface area contributed by atoms with Crippen molar-refractivity contribution in [3.63, 3.8) is 0 Å². The predicted molar refractivity (Wildman–Crippen MR) is 133 cm³/mol. The molecule has 4 rings (SSSR count). The monoisotopic (exact) mass is 454 g/mol. The summed E-state index contributed by atoms with van der Waals surface area (Å²) < 4.78 is 0. The van der Waals surface area contributed by atoms with E-state index in [1.165, 1.54) is 4.90 Å². The Morgan fingerprint density at radius 2 is 1.44 bits per heavy atom. The van der Waals surface area contributed by atoms with Crippen LogP contribution in [0.4, 0.5) is 5.69 Å². The van der Waals surface area contributed by atoms with Gasteiger partial charge < -0.3 is 4.90 Å². The first-order chi connectivity index (χ1) is 16.4. The molecule has 1 heterocycles. The molecule has 1 aliphatic heterocycles. The lowest BCUT2D eigenvalue weighted by Crippen LogP contribution is -2.47. The number of anilines is 1. The molecule has 0 aliphatic carbocycles. The van der Waals surface area contributed by atoms with Crippen molar-refractivity contribution in [1.29, 1.82) is 0 Å². The zero-order valence-corrected chi connectivity index (χ0v) is 19.8. The average Bonchev–Trinajstić information content (AvgIpc) is 3.13. The van der Waals surface area contributed by atoms with Crippen molar-refractivity contribution < 1.29 is 14.4 Å². The molecule has 0 bridgehead atoms. The summed E-state index contributed by atoms with van der Waals surface area (Å²) in [5.41, 5.74) is 3.47. The average molecular weight is 455 g/mol. The Balaban J connectivity index is 1.65. The number of imide groups is 1. The highest BCUT2D eigenvalue weighted by molar-refractivity contribution is 6.23. The van der Waals surface area contributed by atoms with Gasteiger partial charge in [0, 0.05) is 0 Å². The van der Waals surface area contributed by atoms with Crippen LogP contribution in [0.3, 0.4) is 0 Å². The summed E-state index contributed by atoms with van der Waals surface area (Å²) in [7, 11) is 0. The van der Waals surface area contributed by atoms with E-state index < -0.39 is 6.04 Å². The fourth-order valence-electron chi connectivity index (χ4n) is 4.53. The standard InChI is InChI=1S/C29H30N2O3/c1-20(2)23-14-16-25(17-15-23)31-28(33)19-26(29(31)34)30(21(3)24-12-8-5-9-13-24)27(32)18-22-10-6-4-7-11-22/h4-17,20-21,26H,18-19H2,1-3H3. The normalized spacial score (nSPS) is 16.7. The van der Waals surface area contributed by atoms with E-state index in [0.29, 0.717) is 11.6 Å². The molecule has 1 fully saturated rings. The topological polar surface area (TPSA) is 57.7 Å². The zero-order chi connectivity index (χ0) is 24.2. The van der Waals surface area contributed by atoms with Crippen LogP contribution in [0, 0.1) is 0 Å². The third-order valence-corrected chi connectivity index (χ3v) is 6.46. The molecule has 3 aromatic rings. The number of amides is 3. The fourth-order valence-corrected chi connectivity index (χ4v) is 4.53. The van der Waals surface area contributed by atoms with Crippen molar-refractivity contribution in [1.82, 2.24) is 4.90 Å². The van der Waals surface area contributed by atoms with E-state index in [1.807, 2.05) is 91.9 Å². The molecule has 1 saturated heterocycles. The fraction of sp³-hybridized carbons (Fsp3) is 0.276. The summed E-state index contributed by atoms with van der Waals surface area (Å²) in [6.07, 6.45) is 0.140. The van der Waals surface area contributed by atoms with E-state index in [9.17, 15) is 14.4 Å². The largest absolute Gasteiger partial charge is 0.323 e. The first kappa shape index (κ1) is 23.4. The summed E-state index contributed by atoms with van der Waals surface area (Å²) in [5.74, 6) is -0.466. The Bertz CT molecular complexity index is 1160. The summed E-state index contributed by atoms with van der Waals surface area (Å²) in [6, 6.07) is 25.4. The van der Waals surface area contributed by atoms with Gasteiger partial charge in [0.2, 0.25) is 11.8 Å². The maximum absolute atomic E-state index is 13.6. The summed E-state index contributed by atoms with van der Waals surface area (Å²) in [4.78, 5) is 43.0. The van der Waals surface area contributed by atoms with Crippen LogP contribution in [0.15, 0.2) is 84.9 Å². The summed E-state index contributed by atoms with van der Waals surface area (Å²) >= 11 is 0. The number of benzene rings is 3. The lowest BCUT2D eigenvalue weighted by Gasteiger charge is -2.34. The number of carbonyl (C=O) groups excluding carboxylic acids is 3. The van der Waals surface area contributed by atoms with Crippen molar-refractivity contribution in [2.45, 2.75) is 51.6 Å². The molecule has 2 atom stereocenters. The van der Waals surface area contributed by atoms with Gasteiger partial charge in [0.1, 0.15) is 6.04 Å². The van der Waals surface area contributed by atoms with Crippen molar-refractivity contribution in [2.75, 3.05) is 4.90 Å². The summed E-state index contributed by atoms with van der Waals surface area (Å²) in [6.45, 7) is 6.10. The second kappa shape index (κ2) is 10.0. The Hall–Kier alpha value is -3.73. The van der Waals surface area contributed by atoms with Crippen molar-refractivity contribution >= 4 is 23.4 Å². The minimum atomic E-state index is -0.844. The molecular formula is C29H30N2O3. The predicted octanol–water partition coefficient (Wildman–Crippen LogP) is 5.27. The third kappa shape index (κ3) is 4.79. The number of nitrogens with zero attached hydrogens (tertiary/aromatic N) is 2. The molecule has 0 saturated carbocycles. The second-order valence-corrected chi connectivity index (χ2v) is 9.08. The van der Waals surface area contributed by atoms with Crippen LogP contribution in [0.5, 0.6) is 0 Å². The van der Waals surface area contributed by atoms with Gasteiger partial charge in [-0.05, 0) is 41.7 Å². The van der Waals surface area contributed by atoms with Crippen LogP contribution < -0.4 is 4.90 Å². The third-order valence-electron chi connectivity index (χ3n) is 6.46. The van der Waals surface area contributed by atoms with Gasteiger partial charge in [-0.1, -0.05) is 86.6 Å². The maximum Gasteiger partial charge on any atom is 0.257 e. The van der Waals surface area contributed by atoms with Crippen LogP contribution >= 0.6 is 0 Å². The molecule has 0 radical (unpaired) electrons. The van der Waals surface area contributed by atoms with Gasteiger partial charge in [-0.3, -0.25) is 14.4 Å². The van der Waals surface area contributed by atoms with Crippen molar-refractivity contribution in [3.05, 3.63) is 102 Å². The molecule has 0 spiro atoms. The van der Waals surface area contributed by atoms with Gasteiger partial charge in [0.05, 0.1) is 24.6 Å². The Morgan fingerprint density at radius 1 is 0.853 bits per heavy atom. The number of hydrogen-bond acceptors (Lipinski definition) is 3. The lowest BCUT2D eigenvalue weighted by molar-refractivity contribution is -0.140. The van der Waals surface area contributed by atoms with Gasteiger partial charge in [-0.15, -0.1) is 0 Å².